The SMILES string of the molecule is O=C(Cc1ncc(C2CC2)s1)N1CCc2[nH]cnc2[C@H]1c1nc2ccccc2s1. The molecule has 1 amide bonds. The van der Waals surface area contributed by atoms with Crippen molar-refractivity contribution in [2.75, 3.05) is 6.54 Å². The molecule has 1 aromatic carbocycles. The highest BCUT2D eigenvalue weighted by Gasteiger charge is 2.36. The third-order valence-corrected chi connectivity index (χ3v) is 7.89. The molecule has 1 fully saturated rings. The van der Waals surface area contributed by atoms with E-state index in [4.69, 9.17) is 4.98 Å². The lowest BCUT2D eigenvalue weighted by atomic mass is 10.0. The zero-order valence-corrected chi connectivity index (χ0v) is 17.3. The van der Waals surface area contributed by atoms with Gasteiger partial charge in [-0.15, -0.1) is 22.7 Å². The maximum atomic E-state index is 13.3. The molecule has 146 valence electrons. The molecule has 1 aliphatic heterocycles. The smallest absolute Gasteiger partial charge is 0.230 e. The first-order chi connectivity index (χ1) is 14.3. The second-order valence-electron chi connectivity index (χ2n) is 7.63. The van der Waals surface area contributed by atoms with Gasteiger partial charge in [-0.1, -0.05) is 12.1 Å². The molecule has 4 aromatic rings. The third kappa shape index (κ3) is 3.07. The Kier molecular flexibility index (Phi) is 4.02. The molecule has 0 spiro atoms. The van der Waals surface area contributed by atoms with E-state index < -0.39 is 0 Å². The molecule has 4 heterocycles. The summed E-state index contributed by atoms with van der Waals surface area (Å²) in [6.45, 7) is 0.662. The molecular weight excluding hydrogens is 402 g/mol. The van der Waals surface area contributed by atoms with E-state index in [0.717, 1.165) is 38.0 Å². The molecule has 0 bridgehead atoms. The Morgan fingerprint density at radius 1 is 1.21 bits per heavy atom. The maximum absolute atomic E-state index is 13.3. The van der Waals surface area contributed by atoms with Crippen molar-refractivity contribution in [1.29, 1.82) is 0 Å². The van der Waals surface area contributed by atoms with Crippen LogP contribution in [0.4, 0.5) is 0 Å². The molecule has 6 rings (SSSR count). The van der Waals surface area contributed by atoms with Gasteiger partial charge < -0.3 is 9.88 Å². The van der Waals surface area contributed by atoms with Gasteiger partial charge in [-0.25, -0.2) is 15.0 Å². The number of carbonyl (C=O) groups is 1. The van der Waals surface area contributed by atoms with Crippen molar-refractivity contribution in [3.63, 3.8) is 0 Å². The lowest BCUT2D eigenvalue weighted by Crippen LogP contribution is -2.41. The van der Waals surface area contributed by atoms with Crippen LogP contribution in [0.3, 0.4) is 0 Å². The van der Waals surface area contributed by atoms with Gasteiger partial charge in [-0.2, -0.15) is 0 Å². The van der Waals surface area contributed by atoms with Crippen LogP contribution >= 0.6 is 22.7 Å². The van der Waals surface area contributed by atoms with Crippen LogP contribution in [0, 0.1) is 0 Å². The summed E-state index contributed by atoms with van der Waals surface area (Å²) in [5.74, 6) is 0.771. The summed E-state index contributed by atoms with van der Waals surface area (Å²) in [5.41, 5.74) is 2.99. The number of carbonyl (C=O) groups excluding carboxylic acids is 1. The number of rotatable bonds is 4. The van der Waals surface area contributed by atoms with E-state index in [1.807, 2.05) is 29.3 Å². The lowest BCUT2D eigenvalue weighted by molar-refractivity contribution is -0.132. The molecule has 2 aliphatic rings. The second kappa shape index (κ2) is 6.74. The van der Waals surface area contributed by atoms with Gasteiger partial charge >= 0.3 is 0 Å². The topological polar surface area (TPSA) is 74.8 Å². The fourth-order valence-corrected chi connectivity index (χ4v) is 6.16. The Balaban J connectivity index is 1.34. The van der Waals surface area contributed by atoms with E-state index in [-0.39, 0.29) is 11.9 Å². The van der Waals surface area contributed by atoms with Crippen LogP contribution in [0.2, 0.25) is 0 Å². The first-order valence-corrected chi connectivity index (χ1v) is 11.5. The Bertz CT molecular complexity index is 1170. The van der Waals surface area contributed by atoms with Crippen molar-refractivity contribution in [3.8, 4) is 0 Å². The van der Waals surface area contributed by atoms with Crippen molar-refractivity contribution in [2.24, 2.45) is 0 Å². The van der Waals surface area contributed by atoms with Gasteiger partial charge in [0, 0.05) is 29.7 Å². The van der Waals surface area contributed by atoms with Crippen LogP contribution in [0.5, 0.6) is 0 Å². The number of nitrogens with one attached hydrogen (secondary N) is 1. The fourth-order valence-electron chi connectivity index (χ4n) is 4.00. The summed E-state index contributed by atoms with van der Waals surface area (Å²) in [7, 11) is 0. The highest BCUT2D eigenvalue weighted by Crippen LogP contribution is 2.43. The number of H-pyrrole nitrogens is 1. The predicted molar refractivity (Wildman–Crippen MR) is 113 cm³/mol. The van der Waals surface area contributed by atoms with Crippen molar-refractivity contribution in [1.82, 2.24) is 24.8 Å². The number of nitrogens with zero attached hydrogens (tertiary/aromatic N) is 4. The first-order valence-electron chi connectivity index (χ1n) is 9.88. The molecular formula is C21H19N5OS2. The van der Waals surface area contributed by atoms with Crippen LogP contribution in [0.25, 0.3) is 10.2 Å². The molecule has 1 N–H and O–H groups in total. The number of thiazole rings is 2. The minimum absolute atomic E-state index is 0.0969. The van der Waals surface area contributed by atoms with Gasteiger partial charge in [0.2, 0.25) is 5.91 Å². The van der Waals surface area contributed by atoms with E-state index >= 15 is 0 Å². The average molecular weight is 422 g/mol. The third-order valence-electron chi connectivity index (χ3n) is 5.64. The molecule has 0 unspecified atom stereocenters. The van der Waals surface area contributed by atoms with E-state index in [0.29, 0.717) is 18.9 Å². The van der Waals surface area contributed by atoms with Crippen LogP contribution in [0.15, 0.2) is 36.8 Å². The van der Waals surface area contributed by atoms with Gasteiger partial charge in [-0.05, 0) is 30.9 Å². The normalized spacial score (nSPS) is 18.9. The van der Waals surface area contributed by atoms with Crippen molar-refractivity contribution in [2.45, 2.75) is 37.6 Å². The summed E-state index contributed by atoms with van der Waals surface area (Å²) in [5, 5.41) is 1.83. The number of fused-ring (bicyclic) bond motifs is 2. The predicted octanol–water partition coefficient (Wildman–Crippen LogP) is 4.07. The van der Waals surface area contributed by atoms with Gasteiger partial charge in [0.05, 0.1) is 28.7 Å². The van der Waals surface area contributed by atoms with Gasteiger partial charge in [0.25, 0.3) is 0 Å². The first kappa shape index (κ1) is 17.3. The minimum atomic E-state index is -0.238. The Hall–Kier alpha value is -2.58. The maximum Gasteiger partial charge on any atom is 0.230 e. The minimum Gasteiger partial charge on any atom is -0.348 e. The standard InChI is InChI=1S/C21H19N5OS2/c27-18(9-17-22-10-16(28-17)12-5-6-12)26-8-7-14-19(24-11-23-14)20(26)21-25-13-3-1-2-4-15(13)29-21/h1-4,10-12,20H,5-9H2,(H,23,24)/t20-/m0/s1. The van der Waals surface area contributed by atoms with E-state index in [1.54, 1.807) is 29.0 Å². The highest BCUT2D eigenvalue weighted by atomic mass is 32.1. The fraction of sp³-hybridized carbons (Fsp3) is 0.333. The number of hydrogen-bond donors (Lipinski definition) is 1. The van der Waals surface area contributed by atoms with Crippen LogP contribution in [-0.2, 0) is 17.6 Å². The largest absolute Gasteiger partial charge is 0.348 e. The molecule has 1 atom stereocenters. The van der Waals surface area contributed by atoms with Crippen molar-refractivity contribution >= 4 is 38.8 Å². The molecule has 0 radical (unpaired) electrons. The number of imidazole rings is 1. The lowest BCUT2D eigenvalue weighted by Gasteiger charge is -2.33. The molecule has 1 saturated carbocycles. The number of benzene rings is 1. The van der Waals surface area contributed by atoms with Crippen molar-refractivity contribution < 1.29 is 4.79 Å². The molecule has 29 heavy (non-hydrogen) atoms. The monoisotopic (exact) mass is 421 g/mol. The summed E-state index contributed by atoms with van der Waals surface area (Å²) in [4.78, 5) is 33.8. The molecule has 0 saturated heterocycles. The van der Waals surface area contributed by atoms with E-state index in [2.05, 4.69) is 21.0 Å². The van der Waals surface area contributed by atoms with Crippen LogP contribution in [-0.4, -0.2) is 37.3 Å². The summed E-state index contributed by atoms with van der Waals surface area (Å²) in [6, 6.07) is 7.87. The zero-order valence-electron chi connectivity index (χ0n) is 15.7. The Labute approximate surface area is 175 Å². The van der Waals surface area contributed by atoms with Crippen molar-refractivity contribution in [3.05, 3.63) is 63.1 Å². The Morgan fingerprint density at radius 2 is 2.10 bits per heavy atom. The quantitative estimate of drug-likeness (QED) is 0.539. The van der Waals surface area contributed by atoms with Gasteiger partial charge in [0.15, 0.2) is 0 Å². The number of aromatic amines is 1. The summed E-state index contributed by atoms with van der Waals surface area (Å²) >= 11 is 3.33. The summed E-state index contributed by atoms with van der Waals surface area (Å²) in [6.07, 6.45) is 7.32. The molecule has 8 heteroatoms. The van der Waals surface area contributed by atoms with Crippen LogP contribution < -0.4 is 0 Å². The zero-order chi connectivity index (χ0) is 19.4. The van der Waals surface area contributed by atoms with E-state index in [1.165, 1.54) is 17.7 Å². The Morgan fingerprint density at radius 3 is 2.97 bits per heavy atom. The number of para-hydroxylation sites is 1. The molecule has 3 aromatic heterocycles. The van der Waals surface area contributed by atoms with Gasteiger partial charge in [0.1, 0.15) is 16.1 Å². The van der Waals surface area contributed by atoms with Gasteiger partial charge in [-0.3, -0.25) is 4.79 Å². The number of hydrogen-bond acceptors (Lipinski definition) is 6. The average Bonchev–Trinajstić information content (AvgIpc) is 3.14. The molecule has 6 nitrogen and oxygen atoms in total. The highest BCUT2D eigenvalue weighted by molar-refractivity contribution is 7.18. The number of aromatic nitrogens is 4. The second-order valence-corrected chi connectivity index (χ2v) is 9.84. The summed E-state index contributed by atoms with van der Waals surface area (Å²) < 4.78 is 1.13. The number of amides is 1. The van der Waals surface area contributed by atoms with Crippen LogP contribution in [0.1, 0.15) is 51.1 Å². The molecule has 1 aliphatic carbocycles. The van der Waals surface area contributed by atoms with E-state index in [9.17, 15) is 4.79 Å².